The molecule has 1 rings (SSSR count). The van der Waals surface area contributed by atoms with Gasteiger partial charge >= 0.3 is 0 Å². The number of sulfonamides is 1. The maximum atomic E-state index is 12.3. The Morgan fingerprint density at radius 3 is 2.47 bits per heavy atom. The second-order valence-corrected chi connectivity index (χ2v) is 8.50. The summed E-state index contributed by atoms with van der Waals surface area (Å²) < 4.78 is 26.1. The molecule has 1 aromatic heterocycles. The van der Waals surface area contributed by atoms with Gasteiger partial charge in [-0.3, -0.25) is 0 Å². The van der Waals surface area contributed by atoms with Crippen molar-refractivity contribution in [2.24, 2.45) is 5.92 Å². The zero-order valence-electron chi connectivity index (χ0n) is 12.3. The van der Waals surface area contributed by atoms with Crippen molar-refractivity contribution in [3.05, 3.63) is 16.3 Å². The maximum absolute atomic E-state index is 12.3. The SMILES string of the molecule is CC(C)CN(C)S(=O)(=O)c1csc(CNC(C)C)c1. The third-order valence-corrected chi connectivity index (χ3v) is 5.53. The number of nitrogens with zero attached hydrogens (tertiary/aromatic N) is 1. The molecule has 0 fully saturated rings. The maximum Gasteiger partial charge on any atom is 0.243 e. The molecule has 1 heterocycles. The summed E-state index contributed by atoms with van der Waals surface area (Å²) >= 11 is 1.49. The Morgan fingerprint density at radius 2 is 1.95 bits per heavy atom. The van der Waals surface area contributed by atoms with Gasteiger partial charge in [-0.05, 0) is 12.0 Å². The molecule has 6 heteroatoms. The molecule has 0 saturated carbocycles. The first-order valence-corrected chi connectivity index (χ1v) is 8.82. The van der Waals surface area contributed by atoms with Gasteiger partial charge in [-0.2, -0.15) is 0 Å². The Bertz CT molecular complexity index is 492. The minimum Gasteiger partial charge on any atom is -0.310 e. The number of thiophene rings is 1. The summed E-state index contributed by atoms with van der Waals surface area (Å²) in [5.41, 5.74) is 0. The molecule has 0 radical (unpaired) electrons. The van der Waals surface area contributed by atoms with E-state index in [1.807, 2.05) is 13.8 Å². The van der Waals surface area contributed by atoms with Crippen LogP contribution in [-0.2, 0) is 16.6 Å². The molecule has 1 N–H and O–H groups in total. The van der Waals surface area contributed by atoms with Gasteiger partial charge in [0.2, 0.25) is 10.0 Å². The van der Waals surface area contributed by atoms with E-state index in [0.29, 0.717) is 29.9 Å². The fraction of sp³-hybridized carbons (Fsp3) is 0.692. The molecule has 0 bridgehead atoms. The molecule has 4 nitrogen and oxygen atoms in total. The van der Waals surface area contributed by atoms with E-state index in [2.05, 4.69) is 19.2 Å². The Kier molecular flexibility index (Phi) is 5.98. The molecule has 0 atom stereocenters. The lowest BCUT2D eigenvalue weighted by atomic mass is 10.2. The summed E-state index contributed by atoms with van der Waals surface area (Å²) in [6, 6.07) is 2.16. The molecule has 0 aromatic carbocycles. The molecule has 0 saturated heterocycles. The van der Waals surface area contributed by atoms with Gasteiger partial charge in [-0.1, -0.05) is 27.7 Å². The monoisotopic (exact) mass is 304 g/mol. The quantitative estimate of drug-likeness (QED) is 0.842. The second kappa shape index (κ2) is 6.83. The number of rotatable bonds is 7. The molecule has 0 aliphatic carbocycles. The van der Waals surface area contributed by atoms with Crippen molar-refractivity contribution in [2.75, 3.05) is 13.6 Å². The van der Waals surface area contributed by atoms with Gasteiger partial charge in [0.15, 0.2) is 0 Å². The predicted molar refractivity (Wildman–Crippen MR) is 80.9 cm³/mol. The van der Waals surface area contributed by atoms with Crippen LogP contribution >= 0.6 is 11.3 Å². The standard InChI is InChI=1S/C13H24N2O2S2/c1-10(2)8-15(5)19(16,17)13-6-12(18-9-13)7-14-11(3)4/h6,9-11,14H,7-8H2,1-5H3. The summed E-state index contributed by atoms with van der Waals surface area (Å²) in [5, 5.41) is 5.02. The third kappa shape index (κ3) is 4.87. The van der Waals surface area contributed by atoms with E-state index in [4.69, 9.17) is 0 Å². The molecule has 0 spiro atoms. The van der Waals surface area contributed by atoms with Gasteiger partial charge < -0.3 is 5.32 Å². The topological polar surface area (TPSA) is 49.4 Å². The summed E-state index contributed by atoms with van der Waals surface area (Å²) in [6.07, 6.45) is 0. The van der Waals surface area contributed by atoms with Gasteiger partial charge in [0.05, 0.1) is 4.90 Å². The molecule has 0 amide bonds. The number of hydrogen-bond acceptors (Lipinski definition) is 4. The molecule has 1 aromatic rings. The fourth-order valence-corrected chi connectivity index (χ4v) is 4.23. The zero-order chi connectivity index (χ0) is 14.6. The van der Waals surface area contributed by atoms with E-state index >= 15 is 0 Å². The highest BCUT2D eigenvalue weighted by atomic mass is 32.2. The molecule has 110 valence electrons. The minimum absolute atomic E-state index is 0.320. The second-order valence-electron chi connectivity index (χ2n) is 5.46. The fourth-order valence-electron chi connectivity index (χ4n) is 1.69. The van der Waals surface area contributed by atoms with E-state index < -0.39 is 10.0 Å². The van der Waals surface area contributed by atoms with Crippen molar-refractivity contribution in [1.82, 2.24) is 9.62 Å². The van der Waals surface area contributed by atoms with Crippen LogP contribution in [0.5, 0.6) is 0 Å². The van der Waals surface area contributed by atoms with Crippen LogP contribution in [0.25, 0.3) is 0 Å². The van der Waals surface area contributed by atoms with Gasteiger partial charge in [-0.25, -0.2) is 12.7 Å². The first-order valence-electron chi connectivity index (χ1n) is 6.50. The molecular weight excluding hydrogens is 280 g/mol. The van der Waals surface area contributed by atoms with Gasteiger partial charge in [-0.15, -0.1) is 11.3 Å². The highest BCUT2D eigenvalue weighted by Crippen LogP contribution is 2.22. The number of hydrogen-bond donors (Lipinski definition) is 1. The van der Waals surface area contributed by atoms with Crippen LogP contribution in [0.2, 0.25) is 0 Å². The Morgan fingerprint density at radius 1 is 1.32 bits per heavy atom. The van der Waals surface area contributed by atoms with Crippen LogP contribution in [0.1, 0.15) is 32.6 Å². The van der Waals surface area contributed by atoms with Crippen molar-refractivity contribution in [2.45, 2.75) is 45.2 Å². The van der Waals surface area contributed by atoms with E-state index in [-0.39, 0.29) is 0 Å². The van der Waals surface area contributed by atoms with Crippen LogP contribution in [0, 0.1) is 5.92 Å². The molecule has 0 aliphatic rings. The highest BCUT2D eigenvalue weighted by Gasteiger charge is 2.22. The Balaban J connectivity index is 2.79. The summed E-state index contributed by atoms with van der Waals surface area (Å²) in [4.78, 5) is 1.45. The van der Waals surface area contributed by atoms with Crippen LogP contribution in [-0.4, -0.2) is 32.4 Å². The highest BCUT2D eigenvalue weighted by molar-refractivity contribution is 7.89. The zero-order valence-corrected chi connectivity index (χ0v) is 13.9. The molecule has 0 unspecified atom stereocenters. The van der Waals surface area contributed by atoms with Crippen LogP contribution in [0.15, 0.2) is 16.3 Å². The smallest absolute Gasteiger partial charge is 0.243 e. The average Bonchev–Trinajstić information content (AvgIpc) is 2.74. The van der Waals surface area contributed by atoms with E-state index in [0.717, 1.165) is 4.88 Å². The minimum atomic E-state index is -3.34. The van der Waals surface area contributed by atoms with Gasteiger partial charge in [0.1, 0.15) is 0 Å². The largest absolute Gasteiger partial charge is 0.310 e. The van der Waals surface area contributed by atoms with E-state index in [1.54, 1.807) is 18.5 Å². The van der Waals surface area contributed by atoms with Crippen LogP contribution in [0.4, 0.5) is 0 Å². The Hall–Kier alpha value is -0.430. The first-order chi connectivity index (χ1) is 8.73. The van der Waals surface area contributed by atoms with E-state index in [1.165, 1.54) is 15.6 Å². The van der Waals surface area contributed by atoms with Crippen LogP contribution < -0.4 is 5.32 Å². The van der Waals surface area contributed by atoms with Crippen molar-refractivity contribution >= 4 is 21.4 Å². The molecule has 0 aliphatic heterocycles. The summed E-state index contributed by atoms with van der Waals surface area (Å²) in [5.74, 6) is 0.320. The first kappa shape index (κ1) is 16.6. The third-order valence-electron chi connectivity index (χ3n) is 2.64. The van der Waals surface area contributed by atoms with Crippen LogP contribution in [0.3, 0.4) is 0 Å². The Labute approximate surface area is 120 Å². The lowest BCUT2D eigenvalue weighted by Gasteiger charge is -2.18. The van der Waals surface area contributed by atoms with Crippen molar-refractivity contribution in [1.29, 1.82) is 0 Å². The summed E-state index contributed by atoms with van der Waals surface area (Å²) in [6.45, 7) is 9.42. The lowest BCUT2D eigenvalue weighted by Crippen LogP contribution is -2.30. The summed E-state index contributed by atoms with van der Waals surface area (Å²) in [7, 11) is -1.70. The van der Waals surface area contributed by atoms with Gasteiger partial charge in [0, 0.05) is 36.4 Å². The van der Waals surface area contributed by atoms with Gasteiger partial charge in [0.25, 0.3) is 0 Å². The lowest BCUT2D eigenvalue weighted by molar-refractivity contribution is 0.417. The number of nitrogens with one attached hydrogen (secondary N) is 1. The normalized spacial score (nSPS) is 12.8. The average molecular weight is 304 g/mol. The van der Waals surface area contributed by atoms with Crippen molar-refractivity contribution in [3.8, 4) is 0 Å². The van der Waals surface area contributed by atoms with Crippen molar-refractivity contribution in [3.63, 3.8) is 0 Å². The van der Waals surface area contributed by atoms with E-state index in [9.17, 15) is 8.42 Å². The predicted octanol–water partition coefficient (Wildman–Crippen LogP) is 2.52. The molecule has 19 heavy (non-hydrogen) atoms. The molecular formula is C13H24N2O2S2. The van der Waals surface area contributed by atoms with Crippen molar-refractivity contribution < 1.29 is 8.42 Å².